The average molecular weight is 615 g/mol. The Morgan fingerprint density at radius 3 is 2.50 bits per heavy atom. The Bertz CT molecular complexity index is 1210. The first-order valence-corrected chi connectivity index (χ1v) is 17.5. The van der Waals surface area contributed by atoms with Crippen molar-refractivity contribution in [2.45, 2.75) is 158 Å². The van der Waals surface area contributed by atoms with Crippen molar-refractivity contribution in [1.29, 1.82) is 0 Å². The molecule has 0 unspecified atom stereocenters. The van der Waals surface area contributed by atoms with Gasteiger partial charge in [-0.3, -0.25) is 0 Å². The summed E-state index contributed by atoms with van der Waals surface area (Å²) in [5.74, 6) is -0.828. The Morgan fingerprint density at radius 1 is 0.955 bits per heavy atom. The van der Waals surface area contributed by atoms with Gasteiger partial charge in [0.05, 0.1) is 34.9 Å². The first-order chi connectivity index (χ1) is 21.0. The van der Waals surface area contributed by atoms with Gasteiger partial charge in [0.15, 0.2) is 12.1 Å². The van der Waals surface area contributed by atoms with Gasteiger partial charge in [-0.15, -0.1) is 0 Å². The Kier molecular flexibility index (Phi) is 7.04. The third-order valence-corrected chi connectivity index (χ3v) is 14.1. The third-order valence-electron chi connectivity index (χ3n) is 14.1. The standard InChI is InChI=1S/C35H50O9/c1-21-30-27(43-34(44-30)10-4-3-5-11-34)17-29(41-21)42-23-6-13-32(20-36)25-7-12-31(2)24(22-16-28(37)40-19-22)9-15-35(31,39)26(25)8-14-33(32,38)18-23/h16,20-21,23-27,29-30,38-39H,3-15,17-19H2,1-2H3/t21-,23-,24+,25-,26+,27+,29+,30-,31+,32-,33-,35-/m0/s1. The number of fused-ring (bicyclic) bond motifs is 6. The van der Waals surface area contributed by atoms with Gasteiger partial charge in [0.1, 0.15) is 19.0 Å². The van der Waals surface area contributed by atoms with Gasteiger partial charge in [0.25, 0.3) is 0 Å². The number of carbonyl (C=O) groups excluding carboxylic acids is 2. The number of hydrogen-bond acceptors (Lipinski definition) is 9. The lowest BCUT2D eigenvalue weighted by Crippen LogP contribution is -2.69. The number of ether oxygens (including phenoxy) is 5. The Morgan fingerprint density at radius 2 is 1.75 bits per heavy atom. The van der Waals surface area contributed by atoms with Gasteiger partial charge in [0, 0.05) is 37.2 Å². The van der Waals surface area contributed by atoms with E-state index in [1.54, 1.807) is 6.08 Å². The second-order valence-corrected chi connectivity index (χ2v) is 16.0. The van der Waals surface area contributed by atoms with Gasteiger partial charge in [0.2, 0.25) is 0 Å². The van der Waals surface area contributed by atoms with E-state index >= 15 is 0 Å². The summed E-state index contributed by atoms with van der Waals surface area (Å²) in [6.07, 6.45) is 13.4. The molecule has 12 atom stereocenters. The van der Waals surface area contributed by atoms with Gasteiger partial charge in [-0.25, -0.2) is 4.79 Å². The molecule has 3 aliphatic heterocycles. The van der Waals surface area contributed by atoms with Crippen LogP contribution in [0.1, 0.15) is 110 Å². The maximum Gasteiger partial charge on any atom is 0.331 e. The summed E-state index contributed by atoms with van der Waals surface area (Å²) >= 11 is 0. The van der Waals surface area contributed by atoms with Gasteiger partial charge in [-0.05, 0) is 94.5 Å². The Balaban J connectivity index is 0.971. The first-order valence-electron chi connectivity index (χ1n) is 17.5. The lowest BCUT2D eigenvalue weighted by molar-refractivity contribution is -0.278. The van der Waals surface area contributed by atoms with E-state index in [0.29, 0.717) is 51.6 Å². The molecule has 244 valence electrons. The molecule has 0 amide bonds. The molecular weight excluding hydrogens is 564 g/mol. The number of esters is 1. The zero-order valence-corrected chi connectivity index (χ0v) is 26.3. The third kappa shape index (κ3) is 4.18. The Labute approximate surface area is 260 Å². The van der Waals surface area contributed by atoms with E-state index in [9.17, 15) is 19.8 Å². The van der Waals surface area contributed by atoms with Crippen molar-refractivity contribution in [2.75, 3.05) is 6.61 Å². The molecule has 44 heavy (non-hydrogen) atoms. The van der Waals surface area contributed by atoms with Gasteiger partial charge >= 0.3 is 5.97 Å². The van der Waals surface area contributed by atoms with E-state index in [4.69, 9.17) is 23.7 Å². The van der Waals surface area contributed by atoms with Gasteiger partial charge < -0.3 is 38.7 Å². The molecule has 9 nitrogen and oxygen atoms in total. The second-order valence-electron chi connectivity index (χ2n) is 16.0. The lowest BCUT2D eigenvalue weighted by Gasteiger charge is -2.65. The molecule has 7 fully saturated rings. The molecular formula is C35H50O9. The normalized spacial score (nSPS) is 52.8. The van der Waals surface area contributed by atoms with Crippen LogP contribution >= 0.6 is 0 Å². The highest BCUT2D eigenvalue weighted by atomic mass is 16.8. The minimum Gasteiger partial charge on any atom is -0.458 e. The molecule has 9 heteroatoms. The van der Waals surface area contributed by atoms with Crippen LogP contribution in [0.2, 0.25) is 0 Å². The van der Waals surface area contributed by atoms with Crippen LogP contribution in [0.25, 0.3) is 0 Å². The number of rotatable bonds is 4. The SMILES string of the molecule is C[C@@H]1O[C@H](O[C@H]2CC[C@]3(C=O)[C@H]4CC[C@]5(C)[C@@H](C6=CC(=O)OC6)CC[C@]5(O)[C@@H]4CC[C@]3(O)C2)C[C@H]2OC3(CCCCC3)O[C@@H]12. The maximum absolute atomic E-state index is 13.2. The topological polar surface area (TPSA) is 121 Å². The number of aldehydes is 1. The number of cyclic esters (lactones) is 1. The highest BCUT2D eigenvalue weighted by Crippen LogP contribution is 2.70. The predicted molar refractivity (Wildman–Crippen MR) is 157 cm³/mol. The summed E-state index contributed by atoms with van der Waals surface area (Å²) in [7, 11) is 0. The van der Waals surface area contributed by atoms with Crippen LogP contribution in [0.15, 0.2) is 11.6 Å². The predicted octanol–water partition coefficient (Wildman–Crippen LogP) is 4.50. The number of hydrogen-bond donors (Lipinski definition) is 2. The molecule has 2 saturated heterocycles. The highest BCUT2D eigenvalue weighted by molar-refractivity contribution is 5.85. The first kappa shape index (κ1) is 30.0. The molecule has 8 aliphatic rings. The monoisotopic (exact) mass is 614 g/mol. The fourth-order valence-electron chi connectivity index (χ4n) is 11.9. The smallest absolute Gasteiger partial charge is 0.331 e. The fraction of sp³-hybridized carbons (Fsp3) is 0.886. The average Bonchev–Trinajstić information content (AvgIpc) is 3.66. The molecule has 0 bridgehead atoms. The van der Waals surface area contributed by atoms with E-state index in [1.165, 1.54) is 6.42 Å². The minimum atomic E-state index is -1.18. The molecule has 1 spiro atoms. The summed E-state index contributed by atoms with van der Waals surface area (Å²) in [6, 6.07) is 0. The lowest BCUT2D eigenvalue weighted by atomic mass is 9.41. The van der Waals surface area contributed by atoms with E-state index in [0.717, 1.165) is 56.8 Å². The summed E-state index contributed by atoms with van der Waals surface area (Å²) < 4.78 is 31.2. The quantitative estimate of drug-likeness (QED) is 0.268. The van der Waals surface area contributed by atoms with E-state index < -0.39 is 28.7 Å². The zero-order valence-electron chi connectivity index (χ0n) is 26.3. The van der Waals surface area contributed by atoms with Crippen molar-refractivity contribution in [2.24, 2.45) is 28.6 Å². The van der Waals surface area contributed by atoms with Crippen LogP contribution in [-0.4, -0.2) is 76.8 Å². The zero-order chi connectivity index (χ0) is 30.5. The number of carbonyl (C=O) groups is 2. The fourth-order valence-corrected chi connectivity index (χ4v) is 11.9. The maximum atomic E-state index is 13.2. The summed E-state index contributed by atoms with van der Waals surface area (Å²) in [6.45, 7) is 4.52. The van der Waals surface area contributed by atoms with Crippen LogP contribution in [0.3, 0.4) is 0 Å². The largest absolute Gasteiger partial charge is 0.458 e. The van der Waals surface area contributed by atoms with Crippen molar-refractivity contribution in [3.8, 4) is 0 Å². The van der Waals surface area contributed by atoms with Crippen molar-refractivity contribution < 1.29 is 43.5 Å². The molecule has 0 aromatic carbocycles. The van der Waals surface area contributed by atoms with E-state index in [2.05, 4.69) is 6.92 Å². The van der Waals surface area contributed by atoms with Crippen molar-refractivity contribution in [1.82, 2.24) is 0 Å². The summed E-state index contributed by atoms with van der Waals surface area (Å²) in [4.78, 5) is 25.1. The molecule has 5 aliphatic carbocycles. The van der Waals surface area contributed by atoms with Gasteiger partial charge in [-0.2, -0.15) is 0 Å². The molecule has 2 N–H and O–H groups in total. The van der Waals surface area contributed by atoms with Crippen LogP contribution in [0, 0.1) is 28.6 Å². The van der Waals surface area contributed by atoms with Gasteiger partial charge in [-0.1, -0.05) is 13.3 Å². The van der Waals surface area contributed by atoms with E-state index in [-0.39, 0.29) is 53.6 Å². The van der Waals surface area contributed by atoms with Crippen molar-refractivity contribution >= 4 is 12.3 Å². The van der Waals surface area contributed by atoms with Crippen molar-refractivity contribution in [3.05, 3.63) is 11.6 Å². The highest BCUT2D eigenvalue weighted by Gasteiger charge is 2.71. The molecule has 3 heterocycles. The number of aliphatic hydroxyl groups is 2. The molecule has 8 rings (SSSR count). The van der Waals surface area contributed by atoms with Crippen LogP contribution in [-0.2, 0) is 33.3 Å². The molecule has 0 aromatic heterocycles. The van der Waals surface area contributed by atoms with E-state index in [1.807, 2.05) is 6.92 Å². The van der Waals surface area contributed by atoms with Crippen LogP contribution in [0.4, 0.5) is 0 Å². The Hall–Kier alpha value is -1.36. The molecule has 5 saturated carbocycles. The van der Waals surface area contributed by atoms with Crippen molar-refractivity contribution in [3.63, 3.8) is 0 Å². The summed E-state index contributed by atoms with van der Waals surface area (Å²) in [5, 5.41) is 24.8. The minimum absolute atomic E-state index is 0.0600. The molecule has 0 aromatic rings. The summed E-state index contributed by atoms with van der Waals surface area (Å²) in [5.41, 5.74) is -2.42. The van der Waals surface area contributed by atoms with Crippen LogP contribution < -0.4 is 0 Å². The molecule has 0 radical (unpaired) electrons. The van der Waals surface area contributed by atoms with Crippen LogP contribution in [0.5, 0.6) is 0 Å². The second kappa shape index (κ2) is 10.3.